The molecule has 0 spiro atoms. The molecule has 0 radical (unpaired) electrons. The summed E-state index contributed by atoms with van der Waals surface area (Å²) in [4.78, 5) is 36.7. The van der Waals surface area contributed by atoms with Crippen LogP contribution >= 0.6 is 0 Å². The number of amides is 3. The van der Waals surface area contributed by atoms with E-state index in [0.29, 0.717) is 45.7 Å². The van der Waals surface area contributed by atoms with Crippen molar-refractivity contribution in [1.29, 1.82) is 0 Å². The van der Waals surface area contributed by atoms with Gasteiger partial charge in [-0.05, 0) is 19.2 Å². The predicted octanol–water partition coefficient (Wildman–Crippen LogP) is -1.02. The molecular weight excluding hydrogens is 272 g/mol. The third-order valence-corrected chi connectivity index (χ3v) is 2.81. The number of rotatable bonds is 12. The Balaban J connectivity index is 4.22. The van der Waals surface area contributed by atoms with E-state index in [1.54, 1.807) is 11.9 Å². The standard InChI is InChI=1S/C14H24N4O3/c1-4-13(20)16-7-8-17(12-19)10-11-18(9-6-15-3)14(21)5-2/h4-5,12,15H,1-2,6-11H2,3H3,(H,16,20). The Labute approximate surface area is 125 Å². The van der Waals surface area contributed by atoms with E-state index in [1.165, 1.54) is 17.1 Å². The van der Waals surface area contributed by atoms with Gasteiger partial charge in [-0.3, -0.25) is 14.4 Å². The van der Waals surface area contributed by atoms with Gasteiger partial charge in [0.15, 0.2) is 0 Å². The molecule has 0 saturated heterocycles. The van der Waals surface area contributed by atoms with E-state index in [-0.39, 0.29) is 11.8 Å². The highest BCUT2D eigenvalue weighted by molar-refractivity contribution is 5.87. The van der Waals surface area contributed by atoms with Gasteiger partial charge in [-0.1, -0.05) is 13.2 Å². The van der Waals surface area contributed by atoms with Crippen LogP contribution in [0.15, 0.2) is 25.3 Å². The molecule has 0 unspecified atom stereocenters. The lowest BCUT2D eigenvalue weighted by atomic mass is 10.4. The van der Waals surface area contributed by atoms with Crippen LogP contribution in [-0.2, 0) is 14.4 Å². The SMILES string of the molecule is C=CC(=O)NCCN(C=O)CCN(CCNC)C(=O)C=C. The van der Waals surface area contributed by atoms with Crippen LogP contribution in [0.25, 0.3) is 0 Å². The van der Waals surface area contributed by atoms with E-state index in [0.717, 1.165) is 0 Å². The zero-order chi connectivity index (χ0) is 16.1. The number of likely N-dealkylation sites (N-methyl/N-ethyl adjacent to an activating group) is 1. The van der Waals surface area contributed by atoms with Crippen molar-refractivity contribution >= 4 is 18.2 Å². The summed E-state index contributed by atoms with van der Waals surface area (Å²) in [5.41, 5.74) is 0. The van der Waals surface area contributed by atoms with Crippen LogP contribution in [0.2, 0.25) is 0 Å². The Morgan fingerprint density at radius 3 is 2.29 bits per heavy atom. The molecule has 118 valence electrons. The first-order valence-electron chi connectivity index (χ1n) is 6.74. The van der Waals surface area contributed by atoms with Crippen LogP contribution in [0.4, 0.5) is 0 Å². The molecule has 0 saturated carbocycles. The van der Waals surface area contributed by atoms with Crippen LogP contribution in [0.1, 0.15) is 0 Å². The molecular formula is C14H24N4O3. The minimum atomic E-state index is -0.279. The number of hydrogen-bond acceptors (Lipinski definition) is 4. The molecule has 0 heterocycles. The lowest BCUT2D eigenvalue weighted by Crippen LogP contribution is -2.42. The number of carbonyl (C=O) groups is 3. The Morgan fingerprint density at radius 2 is 1.76 bits per heavy atom. The molecule has 0 rings (SSSR count). The van der Waals surface area contributed by atoms with Crippen LogP contribution in [0.5, 0.6) is 0 Å². The Kier molecular flexibility index (Phi) is 10.5. The zero-order valence-electron chi connectivity index (χ0n) is 12.5. The molecule has 0 aliphatic rings. The van der Waals surface area contributed by atoms with E-state index in [4.69, 9.17) is 0 Å². The fraction of sp³-hybridized carbons (Fsp3) is 0.500. The lowest BCUT2D eigenvalue weighted by Gasteiger charge is -2.25. The van der Waals surface area contributed by atoms with Gasteiger partial charge >= 0.3 is 0 Å². The van der Waals surface area contributed by atoms with Gasteiger partial charge in [0.25, 0.3) is 0 Å². The molecule has 0 aliphatic carbocycles. The highest BCUT2D eigenvalue weighted by Gasteiger charge is 2.11. The Morgan fingerprint density at radius 1 is 1.05 bits per heavy atom. The topological polar surface area (TPSA) is 81.8 Å². The molecule has 0 aromatic heterocycles. The zero-order valence-corrected chi connectivity index (χ0v) is 12.5. The average Bonchev–Trinajstić information content (AvgIpc) is 2.51. The van der Waals surface area contributed by atoms with E-state index < -0.39 is 0 Å². The second kappa shape index (κ2) is 11.7. The molecule has 21 heavy (non-hydrogen) atoms. The minimum absolute atomic E-state index is 0.170. The van der Waals surface area contributed by atoms with Crippen molar-refractivity contribution in [2.24, 2.45) is 0 Å². The van der Waals surface area contributed by atoms with Crippen LogP contribution in [0, 0.1) is 0 Å². The fourth-order valence-corrected chi connectivity index (χ4v) is 1.57. The number of hydrogen-bond donors (Lipinski definition) is 2. The lowest BCUT2D eigenvalue weighted by molar-refractivity contribution is -0.127. The molecule has 0 atom stereocenters. The summed E-state index contributed by atoms with van der Waals surface area (Å²) >= 11 is 0. The first kappa shape index (κ1) is 18.9. The van der Waals surface area contributed by atoms with E-state index in [9.17, 15) is 14.4 Å². The van der Waals surface area contributed by atoms with Gasteiger partial charge in [-0.25, -0.2) is 0 Å². The molecule has 0 aromatic rings. The molecule has 7 nitrogen and oxygen atoms in total. The van der Waals surface area contributed by atoms with Crippen molar-refractivity contribution in [3.63, 3.8) is 0 Å². The van der Waals surface area contributed by atoms with Gasteiger partial charge in [0.05, 0.1) is 0 Å². The number of carbonyl (C=O) groups excluding carboxylic acids is 3. The van der Waals surface area contributed by atoms with Gasteiger partial charge in [-0.2, -0.15) is 0 Å². The highest BCUT2D eigenvalue weighted by Crippen LogP contribution is 1.93. The molecule has 0 fully saturated rings. The molecule has 0 aliphatic heterocycles. The van der Waals surface area contributed by atoms with Crippen molar-refractivity contribution in [2.75, 3.05) is 46.3 Å². The summed E-state index contributed by atoms with van der Waals surface area (Å²) in [7, 11) is 1.80. The second-order valence-corrected chi connectivity index (χ2v) is 4.27. The summed E-state index contributed by atoms with van der Waals surface area (Å²) in [5.74, 6) is -0.450. The largest absolute Gasteiger partial charge is 0.351 e. The molecule has 0 aromatic carbocycles. The highest BCUT2D eigenvalue weighted by atomic mass is 16.2. The first-order chi connectivity index (χ1) is 10.1. The Hall–Kier alpha value is -2.15. The molecule has 7 heteroatoms. The monoisotopic (exact) mass is 296 g/mol. The van der Waals surface area contributed by atoms with Crippen molar-refractivity contribution in [3.8, 4) is 0 Å². The summed E-state index contributed by atoms with van der Waals surface area (Å²) < 4.78 is 0. The van der Waals surface area contributed by atoms with Gasteiger partial charge in [0, 0.05) is 39.3 Å². The van der Waals surface area contributed by atoms with Crippen molar-refractivity contribution in [2.45, 2.75) is 0 Å². The van der Waals surface area contributed by atoms with Crippen molar-refractivity contribution < 1.29 is 14.4 Å². The second-order valence-electron chi connectivity index (χ2n) is 4.27. The van der Waals surface area contributed by atoms with Crippen LogP contribution in [0.3, 0.4) is 0 Å². The van der Waals surface area contributed by atoms with Crippen LogP contribution in [-0.4, -0.2) is 74.3 Å². The maximum atomic E-state index is 11.7. The minimum Gasteiger partial charge on any atom is -0.351 e. The number of nitrogens with zero attached hydrogens (tertiary/aromatic N) is 2. The van der Waals surface area contributed by atoms with Gasteiger partial charge in [0.2, 0.25) is 18.2 Å². The number of nitrogens with one attached hydrogen (secondary N) is 2. The molecule has 0 bridgehead atoms. The van der Waals surface area contributed by atoms with Crippen molar-refractivity contribution in [1.82, 2.24) is 20.4 Å². The van der Waals surface area contributed by atoms with E-state index in [1.807, 2.05) is 0 Å². The Bertz CT molecular complexity index is 371. The van der Waals surface area contributed by atoms with Crippen molar-refractivity contribution in [3.05, 3.63) is 25.3 Å². The maximum absolute atomic E-state index is 11.7. The summed E-state index contributed by atoms with van der Waals surface area (Å²) in [6.45, 7) is 9.55. The van der Waals surface area contributed by atoms with Crippen LogP contribution < -0.4 is 10.6 Å². The summed E-state index contributed by atoms with van der Waals surface area (Å²) in [6, 6.07) is 0. The normalized spacial score (nSPS) is 9.57. The molecule has 2 N–H and O–H groups in total. The quantitative estimate of drug-likeness (QED) is 0.357. The smallest absolute Gasteiger partial charge is 0.246 e. The van der Waals surface area contributed by atoms with E-state index >= 15 is 0 Å². The third kappa shape index (κ3) is 8.59. The fourth-order valence-electron chi connectivity index (χ4n) is 1.57. The molecule has 3 amide bonds. The maximum Gasteiger partial charge on any atom is 0.246 e. The van der Waals surface area contributed by atoms with E-state index in [2.05, 4.69) is 23.8 Å². The summed E-state index contributed by atoms with van der Waals surface area (Å²) in [6.07, 6.45) is 3.13. The predicted molar refractivity (Wildman–Crippen MR) is 81.5 cm³/mol. The van der Waals surface area contributed by atoms with Gasteiger partial charge in [0.1, 0.15) is 0 Å². The first-order valence-corrected chi connectivity index (χ1v) is 6.74. The average molecular weight is 296 g/mol. The summed E-state index contributed by atoms with van der Waals surface area (Å²) in [5, 5.41) is 5.55. The van der Waals surface area contributed by atoms with Gasteiger partial charge in [-0.15, -0.1) is 0 Å². The van der Waals surface area contributed by atoms with Gasteiger partial charge < -0.3 is 20.4 Å². The third-order valence-electron chi connectivity index (χ3n) is 2.81.